The van der Waals surface area contributed by atoms with Gasteiger partial charge in [0.05, 0.1) is 15.9 Å². The van der Waals surface area contributed by atoms with Gasteiger partial charge >= 0.3 is 0 Å². The van der Waals surface area contributed by atoms with Crippen LogP contribution in [-0.4, -0.2) is 28.8 Å². The van der Waals surface area contributed by atoms with Crippen LogP contribution in [0, 0.1) is 0 Å². The third-order valence-corrected chi connectivity index (χ3v) is 4.00. The zero-order valence-corrected chi connectivity index (χ0v) is 14.2. The Morgan fingerprint density at radius 1 is 1.30 bits per heavy atom. The highest BCUT2D eigenvalue weighted by atomic mass is 79.9. The van der Waals surface area contributed by atoms with Crippen molar-refractivity contribution in [1.82, 2.24) is 20.4 Å². The molecule has 1 aromatic rings. The number of nitrogens with zero attached hydrogens (tertiary/aromatic N) is 2. The normalized spacial score (nSPS) is 10.8. The van der Waals surface area contributed by atoms with Gasteiger partial charge in [0.1, 0.15) is 0 Å². The first-order valence-corrected chi connectivity index (χ1v) is 8.14. The Kier molecular flexibility index (Phi) is 7.84. The summed E-state index contributed by atoms with van der Waals surface area (Å²) in [5.41, 5.74) is 2.24. The number of amides is 1. The van der Waals surface area contributed by atoms with Crippen LogP contribution in [0.1, 0.15) is 45.0 Å². The van der Waals surface area contributed by atoms with Gasteiger partial charge in [-0.2, -0.15) is 5.10 Å². The van der Waals surface area contributed by atoms with Crippen molar-refractivity contribution in [3.8, 4) is 0 Å². The molecule has 0 aliphatic rings. The fourth-order valence-corrected chi connectivity index (χ4v) is 2.65. The molecule has 5 nitrogen and oxygen atoms in total. The minimum absolute atomic E-state index is 0.108. The molecule has 1 aromatic heterocycles. The third-order valence-electron chi connectivity index (χ3n) is 3.09. The first kappa shape index (κ1) is 17.2. The highest BCUT2D eigenvalue weighted by Crippen LogP contribution is 2.22. The van der Waals surface area contributed by atoms with Gasteiger partial charge in [0, 0.05) is 32.6 Å². The van der Waals surface area contributed by atoms with Crippen molar-refractivity contribution < 1.29 is 4.79 Å². The number of rotatable bonds is 9. The SMILES string of the molecule is CCCNC(=O)CCNCc1c(Br)c(CC)nn1CC. The van der Waals surface area contributed by atoms with Crippen LogP contribution in [0.3, 0.4) is 0 Å². The van der Waals surface area contributed by atoms with E-state index in [-0.39, 0.29) is 5.91 Å². The summed E-state index contributed by atoms with van der Waals surface area (Å²) in [4.78, 5) is 11.5. The van der Waals surface area contributed by atoms with Crippen LogP contribution in [0.5, 0.6) is 0 Å². The third kappa shape index (κ3) is 4.90. The average molecular weight is 345 g/mol. The molecule has 6 heteroatoms. The van der Waals surface area contributed by atoms with E-state index in [4.69, 9.17) is 0 Å². The van der Waals surface area contributed by atoms with E-state index in [0.29, 0.717) is 13.0 Å². The van der Waals surface area contributed by atoms with Crippen molar-refractivity contribution in [3.63, 3.8) is 0 Å². The van der Waals surface area contributed by atoms with E-state index >= 15 is 0 Å². The summed E-state index contributed by atoms with van der Waals surface area (Å²) in [6, 6.07) is 0. The second kappa shape index (κ2) is 9.13. The fraction of sp³-hybridized carbons (Fsp3) is 0.714. The highest BCUT2D eigenvalue weighted by Gasteiger charge is 2.13. The van der Waals surface area contributed by atoms with E-state index in [1.165, 1.54) is 0 Å². The molecule has 1 amide bonds. The van der Waals surface area contributed by atoms with Gasteiger partial charge in [-0.3, -0.25) is 9.48 Å². The van der Waals surface area contributed by atoms with Gasteiger partial charge in [0.2, 0.25) is 5.91 Å². The number of nitrogens with one attached hydrogen (secondary N) is 2. The molecular formula is C14H25BrN4O. The molecule has 0 aliphatic carbocycles. The Bertz CT molecular complexity index is 431. The average Bonchev–Trinajstić information content (AvgIpc) is 2.77. The lowest BCUT2D eigenvalue weighted by Crippen LogP contribution is -2.28. The zero-order chi connectivity index (χ0) is 15.0. The van der Waals surface area contributed by atoms with E-state index in [9.17, 15) is 4.79 Å². The number of hydrogen-bond donors (Lipinski definition) is 2. The summed E-state index contributed by atoms with van der Waals surface area (Å²) in [6.45, 7) is 9.25. The highest BCUT2D eigenvalue weighted by molar-refractivity contribution is 9.10. The molecule has 0 unspecified atom stereocenters. The first-order chi connectivity index (χ1) is 9.63. The number of halogens is 1. The maximum Gasteiger partial charge on any atom is 0.221 e. The summed E-state index contributed by atoms with van der Waals surface area (Å²) in [7, 11) is 0. The minimum atomic E-state index is 0.108. The molecule has 1 heterocycles. The molecule has 114 valence electrons. The summed E-state index contributed by atoms with van der Waals surface area (Å²) < 4.78 is 3.09. The largest absolute Gasteiger partial charge is 0.356 e. The molecule has 1 rings (SSSR count). The van der Waals surface area contributed by atoms with Gasteiger partial charge in [0.25, 0.3) is 0 Å². The van der Waals surface area contributed by atoms with Gasteiger partial charge < -0.3 is 10.6 Å². The van der Waals surface area contributed by atoms with Crippen LogP contribution >= 0.6 is 15.9 Å². The summed E-state index contributed by atoms with van der Waals surface area (Å²) >= 11 is 3.62. The molecule has 0 bridgehead atoms. The summed E-state index contributed by atoms with van der Waals surface area (Å²) in [6.07, 6.45) is 2.40. The molecule has 2 N–H and O–H groups in total. The van der Waals surface area contributed by atoms with Crippen LogP contribution in [-0.2, 0) is 24.3 Å². The molecular weight excluding hydrogens is 320 g/mol. The molecule has 0 saturated heterocycles. The second-order valence-corrected chi connectivity index (χ2v) is 5.45. The van der Waals surface area contributed by atoms with Gasteiger partial charge in [-0.25, -0.2) is 0 Å². The summed E-state index contributed by atoms with van der Waals surface area (Å²) in [5.74, 6) is 0.108. The number of carbonyl (C=O) groups excluding carboxylic acids is 1. The van der Waals surface area contributed by atoms with E-state index in [0.717, 1.165) is 48.3 Å². The Morgan fingerprint density at radius 3 is 2.65 bits per heavy atom. The van der Waals surface area contributed by atoms with Gasteiger partial charge in [-0.05, 0) is 35.7 Å². The van der Waals surface area contributed by atoms with Crippen LogP contribution in [0.4, 0.5) is 0 Å². The quantitative estimate of drug-likeness (QED) is 0.675. The van der Waals surface area contributed by atoms with Crippen molar-refractivity contribution in [1.29, 1.82) is 0 Å². The molecule has 0 aromatic carbocycles. The number of hydrogen-bond acceptors (Lipinski definition) is 3. The lowest BCUT2D eigenvalue weighted by Gasteiger charge is -2.08. The molecule has 0 fully saturated rings. The van der Waals surface area contributed by atoms with Crippen molar-refractivity contribution in [2.75, 3.05) is 13.1 Å². The van der Waals surface area contributed by atoms with E-state index in [1.807, 2.05) is 11.6 Å². The topological polar surface area (TPSA) is 59.0 Å². The van der Waals surface area contributed by atoms with E-state index in [2.05, 4.69) is 45.5 Å². The predicted molar refractivity (Wildman–Crippen MR) is 84.6 cm³/mol. The van der Waals surface area contributed by atoms with Crippen LogP contribution in [0.2, 0.25) is 0 Å². The molecule has 0 aliphatic heterocycles. The van der Waals surface area contributed by atoms with Crippen molar-refractivity contribution in [2.45, 2.75) is 53.1 Å². The Balaban J connectivity index is 2.42. The lowest BCUT2D eigenvalue weighted by molar-refractivity contribution is -0.120. The molecule has 0 saturated carbocycles. The van der Waals surface area contributed by atoms with E-state index in [1.54, 1.807) is 0 Å². The summed E-state index contributed by atoms with van der Waals surface area (Å²) in [5, 5.41) is 10.7. The van der Waals surface area contributed by atoms with Crippen LogP contribution in [0.25, 0.3) is 0 Å². The van der Waals surface area contributed by atoms with Crippen molar-refractivity contribution in [3.05, 3.63) is 15.9 Å². The van der Waals surface area contributed by atoms with Gasteiger partial charge in [-0.1, -0.05) is 13.8 Å². The van der Waals surface area contributed by atoms with Crippen LogP contribution < -0.4 is 10.6 Å². The first-order valence-electron chi connectivity index (χ1n) is 7.35. The lowest BCUT2D eigenvalue weighted by atomic mass is 10.3. The van der Waals surface area contributed by atoms with Gasteiger partial charge in [0.15, 0.2) is 0 Å². The standard InChI is InChI=1S/C14H25BrN4O/c1-4-8-17-13(20)7-9-16-10-12-14(15)11(5-2)18-19(12)6-3/h16H,4-10H2,1-3H3,(H,17,20). The number of carbonyl (C=O) groups is 1. The second-order valence-electron chi connectivity index (χ2n) is 4.65. The van der Waals surface area contributed by atoms with Crippen LogP contribution in [0.15, 0.2) is 4.47 Å². The Hall–Kier alpha value is -0.880. The Morgan fingerprint density at radius 2 is 2.05 bits per heavy atom. The fourth-order valence-electron chi connectivity index (χ4n) is 1.95. The van der Waals surface area contributed by atoms with Crippen molar-refractivity contribution >= 4 is 21.8 Å². The minimum Gasteiger partial charge on any atom is -0.356 e. The molecule has 20 heavy (non-hydrogen) atoms. The molecule has 0 atom stereocenters. The van der Waals surface area contributed by atoms with Gasteiger partial charge in [-0.15, -0.1) is 0 Å². The van der Waals surface area contributed by atoms with Crippen molar-refractivity contribution in [2.24, 2.45) is 0 Å². The smallest absolute Gasteiger partial charge is 0.221 e. The Labute approximate surface area is 129 Å². The van der Waals surface area contributed by atoms with E-state index < -0.39 is 0 Å². The predicted octanol–water partition coefficient (Wildman–Crippen LogP) is 2.23. The molecule has 0 radical (unpaired) electrons. The number of aromatic nitrogens is 2. The number of aryl methyl sites for hydroxylation is 2. The monoisotopic (exact) mass is 344 g/mol. The maximum absolute atomic E-state index is 11.5. The molecule has 0 spiro atoms. The zero-order valence-electron chi connectivity index (χ0n) is 12.6. The maximum atomic E-state index is 11.5.